The molecule has 0 spiro atoms. The van der Waals surface area contributed by atoms with Crippen molar-refractivity contribution < 1.29 is 28.9 Å². The van der Waals surface area contributed by atoms with E-state index in [0.717, 1.165) is 18.2 Å². The number of aldehydes is 1. The number of ether oxygens (including phenoxy) is 2. The van der Waals surface area contributed by atoms with E-state index in [-0.39, 0.29) is 23.7 Å². The molecule has 0 aromatic heterocycles. The highest BCUT2D eigenvalue weighted by molar-refractivity contribution is 5.93. The minimum Gasteiger partial charge on any atom is -0.490 e. The summed E-state index contributed by atoms with van der Waals surface area (Å²) in [4.78, 5) is 43.2. The minimum absolute atomic E-state index is 0.0309. The Morgan fingerprint density at radius 1 is 1.04 bits per heavy atom. The zero-order chi connectivity index (χ0) is 19.3. The second-order valence-corrected chi connectivity index (χ2v) is 4.90. The van der Waals surface area contributed by atoms with Gasteiger partial charge in [0.2, 0.25) is 0 Å². The summed E-state index contributed by atoms with van der Waals surface area (Å²) in [6.45, 7) is 1.91. The number of non-ortho nitro benzene ring substituents is 2. The first-order valence-corrected chi connectivity index (χ1v) is 7.23. The summed E-state index contributed by atoms with van der Waals surface area (Å²) in [5.74, 6) is -0.960. The number of esters is 1. The van der Waals surface area contributed by atoms with Crippen LogP contribution in [0.2, 0.25) is 0 Å². The fourth-order valence-electron chi connectivity index (χ4n) is 2.03. The third kappa shape index (κ3) is 4.17. The minimum atomic E-state index is -1.04. The van der Waals surface area contributed by atoms with E-state index in [1.165, 1.54) is 18.2 Å². The van der Waals surface area contributed by atoms with Gasteiger partial charge in [0.15, 0.2) is 11.5 Å². The summed E-state index contributed by atoms with van der Waals surface area (Å²) in [6, 6.07) is 6.54. The Bertz CT molecular complexity index is 862. The molecular weight excluding hydrogens is 348 g/mol. The number of hydrogen-bond acceptors (Lipinski definition) is 8. The van der Waals surface area contributed by atoms with Crippen molar-refractivity contribution in [2.45, 2.75) is 6.92 Å². The number of carbonyl (C=O) groups excluding carboxylic acids is 2. The molecule has 0 radical (unpaired) electrons. The average molecular weight is 360 g/mol. The third-order valence-electron chi connectivity index (χ3n) is 3.17. The lowest BCUT2D eigenvalue weighted by atomic mass is 10.1. The van der Waals surface area contributed by atoms with Crippen molar-refractivity contribution in [1.82, 2.24) is 0 Å². The molecule has 2 aromatic carbocycles. The molecule has 10 heteroatoms. The highest BCUT2D eigenvalue weighted by Gasteiger charge is 2.22. The molecule has 0 aliphatic heterocycles. The first kappa shape index (κ1) is 18.5. The molecule has 0 fully saturated rings. The quantitative estimate of drug-likeness (QED) is 0.241. The fraction of sp³-hybridized carbons (Fsp3) is 0.125. The second kappa shape index (κ2) is 7.83. The van der Waals surface area contributed by atoms with E-state index in [1.54, 1.807) is 6.92 Å². The van der Waals surface area contributed by atoms with Gasteiger partial charge >= 0.3 is 5.97 Å². The van der Waals surface area contributed by atoms with Crippen LogP contribution in [0.1, 0.15) is 27.6 Å². The maximum Gasteiger partial charge on any atom is 0.344 e. The number of rotatable bonds is 7. The van der Waals surface area contributed by atoms with Gasteiger partial charge in [-0.15, -0.1) is 0 Å². The van der Waals surface area contributed by atoms with E-state index in [0.29, 0.717) is 11.8 Å². The Morgan fingerprint density at radius 2 is 1.65 bits per heavy atom. The molecule has 10 nitrogen and oxygen atoms in total. The van der Waals surface area contributed by atoms with Crippen molar-refractivity contribution in [3.63, 3.8) is 0 Å². The average Bonchev–Trinajstić information content (AvgIpc) is 2.62. The molecule has 0 aliphatic carbocycles. The van der Waals surface area contributed by atoms with Crippen LogP contribution in [-0.2, 0) is 0 Å². The molecule has 0 amide bonds. The number of nitrogens with zero attached hydrogens (tertiary/aromatic N) is 2. The van der Waals surface area contributed by atoms with E-state index >= 15 is 0 Å². The van der Waals surface area contributed by atoms with Crippen molar-refractivity contribution in [2.24, 2.45) is 0 Å². The molecule has 134 valence electrons. The lowest BCUT2D eigenvalue weighted by Gasteiger charge is -2.11. The van der Waals surface area contributed by atoms with E-state index in [2.05, 4.69) is 0 Å². The highest BCUT2D eigenvalue weighted by atomic mass is 16.6. The van der Waals surface area contributed by atoms with E-state index < -0.39 is 27.2 Å². The Morgan fingerprint density at radius 3 is 2.15 bits per heavy atom. The smallest absolute Gasteiger partial charge is 0.344 e. The van der Waals surface area contributed by atoms with Crippen LogP contribution < -0.4 is 9.47 Å². The molecule has 2 rings (SSSR count). The Kier molecular flexibility index (Phi) is 5.58. The monoisotopic (exact) mass is 360 g/mol. The summed E-state index contributed by atoms with van der Waals surface area (Å²) in [5, 5.41) is 21.8. The van der Waals surface area contributed by atoms with Crippen LogP contribution in [0, 0.1) is 20.2 Å². The Hall–Kier alpha value is -3.82. The number of nitro groups is 2. The van der Waals surface area contributed by atoms with Gasteiger partial charge in [-0.3, -0.25) is 25.0 Å². The molecule has 0 saturated heterocycles. The highest BCUT2D eigenvalue weighted by Crippen LogP contribution is 2.30. The summed E-state index contributed by atoms with van der Waals surface area (Å²) >= 11 is 0. The molecule has 0 atom stereocenters. The maximum atomic E-state index is 12.3. The summed E-state index contributed by atoms with van der Waals surface area (Å²) in [6.07, 6.45) is 0.581. The van der Waals surface area contributed by atoms with Gasteiger partial charge in [-0.05, 0) is 25.1 Å². The Balaban J connectivity index is 2.40. The molecule has 0 N–H and O–H groups in total. The second-order valence-electron chi connectivity index (χ2n) is 4.90. The van der Waals surface area contributed by atoms with Crippen molar-refractivity contribution >= 4 is 23.6 Å². The summed E-state index contributed by atoms with van der Waals surface area (Å²) in [7, 11) is 0. The van der Waals surface area contributed by atoms with Gasteiger partial charge in [0.1, 0.15) is 6.29 Å². The van der Waals surface area contributed by atoms with E-state index in [4.69, 9.17) is 9.47 Å². The number of nitro benzene ring substituents is 2. The van der Waals surface area contributed by atoms with Crippen LogP contribution in [-0.4, -0.2) is 28.7 Å². The van der Waals surface area contributed by atoms with Crippen LogP contribution in [0.5, 0.6) is 11.5 Å². The normalized spacial score (nSPS) is 10.0. The third-order valence-corrected chi connectivity index (χ3v) is 3.17. The van der Waals surface area contributed by atoms with Crippen molar-refractivity contribution in [2.75, 3.05) is 6.61 Å². The topological polar surface area (TPSA) is 139 Å². The molecule has 0 saturated carbocycles. The molecule has 0 heterocycles. The molecule has 0 aliphatic rings. The van der Waals surface area contributed by atoms with Crippen LogP contribution in [0.4, 0.5) is 11.4 Å². The zero-order valence-electron chi connectivity index (χ0n) is 13.4. The van der Waals surface area contributed by atoms with Crippen molar-refractivity contribution in [3.05, 3.63) is 67.8 Å². The molecule has 26 heavy (non-hydrogen) atoms. The largest absolute Gasteiger partial charge is 0.490 e. The first-order valence-electron chi connectivity index (χ1n) is 7.23. The fourth-order valence-corrected chi connectivity index (χ4v) is 2.03. The molecule has 0 bridgehead atoms. The van der Waals surface area contributed by atoms with Gasteiger partial charge in [-0.25, -0.2) is 4.79 Å². The predicted molar refractivity (Wildman–Crippen MR) is 87.7 cm³/mol. The maximum absolute atomic E-state index is 12.3. The lowest BCUT2D eigenvalue weighted by Crippen LogP contribution is -2.11. The summed E-state index contributed by atoms with van der Waals surface area (Å²) in [5.41, 5.74) is -1.31. The standard InChI is InChI=1S/C16H12N2O8/c1-2-25-15-5-10(9-19)3-4-14(15)26-16(20)11-6-12(17(21)22)8-13(7-11)18(23)24/h3-9H,2H2,1H3. The summed E-state index contributed by atoms with van der Waals surface area (Å²) < 4.78 is 10.4. The van der Waals surface area contributed by atoms with Crippen LogP contribution in [0.15, 0.2) is 36.4 Å². The lowest BCUT2D eigenvalue weighted by molar-refractivity contribution is -0.394. The molecule has 2 aromatic rings. The van der Waals surface area contributed by atoms with Gasteiger partial charge in [0.25, 0.3) is 11.4 Å². The van der Waals surface area contributed by atoms with E-state index in [9.17, 15) is 29.8 Å². The van der Waals surface area contributed by atoms with Gasteiger partial charge in [0, 0.05) is 17.7 Å². The number of benzene rings is 2. The van der Waals surface area contributed by atoms with Crippen LogP contribution >= 0.6 is 0 Å². The van der Waals surface area contributed by atoms with Crippen LogP contribution in [0.3, 0.4) is 0 Å². The first-order chi connectivity index (χ1) is 12.3. The van der Waals surface area contributed by atoms with Gasteiger partial charge in [0.05, 0.1) is 28.1 Å². The zero-order valence-corrected chi connectivity index (χ0v) is 13.4. The van der Waals surface area contributed by atoms with E-state index in [1.807, 2.05) is 0 Å². The van der Waals surface area contributed by atoms with Crippen molar-refractivity contribution in [3.8, 4) is 11.5 Å². The van der Waals surface area contributed by atoms with Gasteiger partial charge in [-0.2, -0.15) is 0 Å². The Labute approximate surface area is 146 Å². The predicted octanol–water partition coefficient (Wildman–Crippen LogP) is 2.93. The molecule has 0 unspecified atom stereocenters. The van der Waals surface area contributed by atoms with Crippen LogP contribution in [0.25, 0.3) is 0 Å². The molecular formula is C16H12N2O8. The van der Waals surface area contributed by atoms with Gasteiger partial charge < -0.3 is 9.47 Å². The SMILES string of the molecule is CCOc1cc(C=O)ccc1OC(=O)c1cc([N+](=O)[O-])cc([N+](=O)[O-])c1. The van der Waals surface area contributed by atoms with Crippen molar-refractivity contribution in [1.29, 1.82) is 0 Å². The number of carbonyl (C=O) groups is 2. The number of hydrogen-bond donors (Lipinski definition) is 0. The van der Waals surface area contributed by atoms with Gasteiger partial charge in [-0.1, -0.05) is 0 Å².